The topological polar surface area (TPSA) is 117 Å². The molecule has 0 bridgehead atoms. The van der Waals surface area contributed by atoms with Gasteiger partial charge >= 0.3 is 0 Å². The van der Waals surface area contributed by atoms with Crippen molar-refractivity contribution in [3.63, 3.8) is 0 Å². The number of amides is 1. The van der Waals surface area contributed by atoms with Gasteiger partial charge in [-0.1, -0.05) is 53.3 Å². The zero-order chi connectivity index (χ0) is 27.6. The molecule has 39 heavy (non-hydrogen) atoms. The van der Waals surface area contributed by atoms with Gasteiger partial charge in [0.15, 0.2) is 9.34 Å². The highest BCUT2D eigenvalue weighted by Gasteiger charge is 2.30. The molecule has 204 valence electrons. The smallest absolute Gasteiger partial charge is 0.254 e. The predicted molar refractivity (Wildman–Crippen MR) is 158 cm³/mol. The molecule has 0 saturated heterocycles. The van der Waals surface area contributed by atoms with E-state index in [0.717, 1.165) is 44.9 Å². The van der Waals surface area contributed by atoms with Crippen LogP contribution in [0.5, 0.6) is 0 Å². The molecule has 9 nitrogen and oxygen atoms in total. The number of thiazole rings is 1. The fraction of sp³-hybridized carbons (Fsp3) is 0.333. The van der Waals surface area contributed by atoms with Crippen molar-refractivity contribution in [3.8, 4) is 11.1 Å². The number of nitrogens with zero attached hydrogens (tertiary/aromatic N) is 4. The van der Waals surface area contributed by atoms with Crippen molar-refractivity contribution < 1.29 is 13.2 Å². The summed E-state index contributed by atoms with van der Waals surface area (Å²) >= 11 is 2.63. The minimum Gasteiger partial charge on any atom is -0.366 e. The van der Waals surface area contributed by atoms with E-state index in [-0.39, 0.29) is 16.2 Å². The standard InChI is InChI=1S/C27H30N6O3S3/c1-17(30-25-24-23(28-16-29-25)22(15-37-24)21-9-5-4-6-10-21)14-20-8-7-12-33(13-11-20)39(35,36)26-18(2)31-27(38-26)32-19(3)34/h4-6,8-10,15-17H,7,11-14H2,1-3H3,(H,28,29,30)(H,31,32,34)/t17-/m0/s1. The fourth-order valence-electron chi connectivity index (χ4n) is 4.72. The van der Waals surface area contributed by atoms with E-state index < -0.39 is 10.0 Å². The maximum atomic E-state index is 13.4. The second kappa shape index (κ2) is 11.5. The second-order valence-electron chi connectivity index (χ2n) is 9.54. The Kier molecular flexibility index (Phi) is 8.08. The zero-order valence-corrected chi connectivity index (χ0v) is 24.4. The predicted octanol–water partition coefficient (Wildman–Crippen LogP) is 5.68. The van der Waals surface area contributed by atoms with Gasteiger partial charge in [-0.15, -0.1) is 11.3 Å². The molecule has 0 unspecified atom stereocenters. The summed E-state index contributed by atoms with van der Waals surface area (Å²) in [5.74, 6) is 0.534. The number of anilines is 2. The molecule has 3 aromatic heterocycles. The van der Waals surface area contributed by atoms with E-state index in [1.54, 1.807) is 24.6 Å². The Bertz CT molecular complexity index is 1630. The van der Waals surface area contributed by atoms with Gasteiger partial charge in [-0.3, -0.25) is 4.79 Å². The third kappa shape index (κ3) is 6.03. The van der Waals surface area contributed by atoms with Gasteiger partial charge in [0.05, 0.1) is 15.9 Å². The number of nitrogens with one attached hydrogen (secondary N) is 2. The van der Waals surface area contributed by atoms with Crippen LogP contribution in [0.4, 0.5) is 10.9 Å². The lowest BCUT2D eigenvalue weighted by Crippen LogP contribution is -2.32. The molecule has 0 fully saturated rings. The quantitative estimate of drug-likeness (QED) is 0.257. The molecule has 0 aliphatic carbocycles. The Morgan fingerprint density at radius 3 is 2.74 bits per heavy atom. The lowest BCUT2D eigenvalue weighted by Gasteiger charge is -2.20. The summed E-state index contributed by atoms with van der Waals surface area (Å²) in [5, 5.41) is 8.56. The number of aromatic nitrogens is 3. The average Bonchev–Trinajstić information content (AvgIpc) is 3.41. The highest BCUT2D eigenvalue weighted by molar-refractivity contribution is 7.91. The van der Waals surface area contributed by atoms with Crippen LogP contribution in [-0.2, 0) is 14.8 Å². The number of carbonyl (C=O) groups excluding carboxylic acids is 1. The van der Waals surface area contributed by atoms with Gasteiger partial charge in [0.25, 0.3) is 10.0 Å². The number of rotatable bonds is 8. The molecule has 1 atom stereocenters. The van der Waals surface area contributed by atoms with Crippen LogP contribution in [0.15, 0.2) is 57.9 Å². The van der Waals surface area contributed by atoms with Gasteiger partial charge in [0.2, 0.25) is 5.91 Å². The van der Waals surface area contributed by atoms with E-state index in [9.17, 15) is 13.2 Å². The number of sulfonamides is 1. The van der Waals surface area contributed by atoms with Crippen LogP contribution in [0.3, 0.4) is 0 Å². The van der Waals surface area contributed by atoms with Gasteiger partial charge in [0.1, 0.15) is 12.1 Å². The van der Waals surface area contributed by atoms with Crippen molar-refractivity contribution in [1.82, 2.24) is 19.3 Å². The maximum Gasteiger partial charge on any atom is 0.254 e. The van der Waals surface area contributed by atoms with Crippen LogP contribution in [0.2, 0.25) is 0 Å². The SMILES string of the molecule is CC(=O)Nc1nc(C)c(S(=O)(=O)N2CCC=C(C[C@H](C)Nc3ncnc4c(-c5ccccc5)csc34)CC2)s1. The van der Waals surface area contributed by atoms with Gasteiger partial charge in [-0.25, -0.2) is 23.4 Å². The van der Waals surface area contributed by atoms with E-state index in [2.05, 4.69) is 56.1 Å². The van der Waals surface area contributed by atoms with Gasteiger partial charge < -0.3 is 10.6 Å². The molecule has 4 aromatic rings. The van der Waals surface area contributed by atoms with E-state index in [1.807, 2.05) is 18.2 Å². The first-order valence-corrected chi connectivity index (χ1v) is 15.8. The molecule has 0 saturated carbocycles. The molecular formula is C27H30N6O3S3. The molecule has 1 aromatic carbocycles. The second-order valence-corrected chi connectivity index (χ2v) is 13.6. The molecule has 0 spiro atoms. The molecule has 5 rings (SSSR count). The van der Waals surface area contributed by atoms with E-state index in [1.165, 1.54) is 16.8 Å². The molecule has 12 heteroatoms. The molecule has 4 heterocycles. The summed E-state index contributed by atoms with van der Waals surface area (Å²) in [6.07, 6.45) is 5.83. The highest BCUT2D eigenvalue weighted by Crippen LogP contribution is 2.36. The molecule has 1 aliphatic rings. The summed E-state index contributed by atoms with van der Waals surface area (Å²) in [7, 11) is -3.70. The third-order valence-electron chi connectivity index (χ3n) is 6.49. The average molecular weight is 583 g/mol. The van der Waals surface area contributed by atoms with Gasteiger partial charge in [-0.2, -0.15) is 4.31 Å². The van der Waals surface area contributed by atoms with Crippen LogP contribution in [0.1, 0.15) is 38.8 Å². The molecule has 2 N–H and O–H groups in total. The van der Waals surface area contributed by atoms with Crippen LogP contribution >= 0.6 is 22.7 Å². The van der Waals surface area contributed by atoms with Gasteiger partial charge in [-0.05, 0) is 38.7 Å². The lowest BCUT2D eigenvalue weighted by atomic mass is 10.0. The monoisotopic (exact) mass is 582 g/mol. The first kappa shape index (κ1) is 27.4. The largest absolute Gasteiger partial charge is 0.366 e. The lowest BCUT2D eigenvalue weighted by molar-refractivity contribution is -0.114. The van der Waals surface area contributed by atoms with Crippen molar-refractivity contribution in [3.05, 3.63) is 59.4 Å². The van der Waals surface area contributed by atoms with Crippen molar-refractivity contribution in [2.45, 2.75) is 50.3 Å². The number of benzene rings is 1. The summed E-state index contributed by atoms with van der Waals surface area (Å²) in [6, 6.07) is 10.3. The first-order valence-electron chi connectivity index (χ1n) is 12.7. The number of carbonyl (C=O) groups is 1. The zero-order valence-electron chi connectivity index (χ0n) is 22.0. The van der Waals surface area contributed by atoms with E-state index >= 15 is 0 Å². The molecule has 1 aliphatic heterocycles. The van der Waals surface area contributed by atoms with Crippen molar-refractivity contribution in [1.29, 1.82) is 0 Å². The van der Waals surface area contributed by atoms with E-state index in [0.29, 0.717) is 36.8 Å². The number of hydrogen-bond donors (Lipinski definition) is 2. The summed E-state index contributed by atoms with van der Waals surface area (Å²) < 4.78 is 29.5. The van der Waals surface area contributed by atoms with Crippen LogP contribution in [-0.4, -0.2) is 52.7 Å². The fourth-order valence-corrected chi connectivity index (χ4v) is 8.75. The minimum absolute atomic E-state index is 0.101. The summed E-state index contributed by atoms with van der Waals surface area (Å²) in [4.78, 5) is 24.7. The summed E-state index contributed by atoms with van der Waals surface area (Å²) in [6.45, 7) is 5.95. The highest BCUT2D eigenvalue weighted by atomic mass is 32.2. The Hall–Kier alpha value is -3.19. The van der Waals surface area contributed by atoms with Crippen molar-refractivity contribution in [2.24, 2.45) is 0 Å². The van der Waals surface area contributed by atoms with Crippen LogP contribution in [0.25, 0.3) is 21.3 Å². The van der Waals surface area contributed by atoms with Crippen molar-refractivity contribution >= 4 is 59.8 Å². The van der Waals surface area contributed by atoms with E-state index in [4.69, 9.17) is 0 Å². The molecule has 1 amide bonds. The normalized spacial score (nSPS) is 15.5. The van der Waals surface area contributed by atoms with Crippen LogP contribution < -0.4 is 10.6 Å². The number of thiophene rings is 1. The Morgan fingerprint density at radius 2 is 1.97 bits per heavy atom. The number of fused-ring (bicyclic) bond motifs is 1. The molecular weight excluding hydrogens is 553 g/mol. The van der Waals surface area contributed by atoms with Crippen molar-refractivity contribution in [2.75, 3.05) is 23.7 Å². The minimum atomic E-state index is -3.70. The first-order chi connectivity index (χ1) is 18.7. The number of aryl methyl sites for hydroxylation is 1. The Morgan fingerprint density at radius 1 is 1.18 bits per heavy atom. The maximum absolute atomic E-state index is 13.4. The molecule has 0 radical (unpaired) electrons. The van der Waals surface area contributed by atoms with Crippen LogP contribution in [0, 0.1) is 6.92 Å². The Labute approximate surface area is 236 Å². The third-order valence-corrected chi connectivity index (χ3v) is 11.0. The summed E-state index contributed by atoms with van der Waals surface area (Å²) in [5.41, 5.74) is 4.78. The Balaban J connectivity index is 1.24. The number of hydrogen-bond acceptors (Lipinski definition) is 9. The van der Waals surface area contributed by atoms with Gasteiger partial charge in [0, 0.05) is 37.0 Å².